The molecule has 0 spiro atoms. The van der Waals surface area contributed by atoms with Crippen LogP contribution in [0.4, 0.5) is 0 Å². The van der Waals surface area contributed by atoms with Gasteiger partial charge in [0.05, 0.1) is 5.68 Å². The highest BCUT2D eigenvalue weighted by atomic mass is 16.1. The second-order valence-corrected chi connectivity index (χ2v) is 0.702. The Morgan fingerprint density at radius 2 is 2.75 bits per heavy atom. The first kappa shape index (κ1) is 2.00. The van der Waals surface area contributed by atoms with Gasteiger partial charge in [-0.15, -0.1) is 0 Å². The van der Waals surface area contributed by atoms with Crippen molar-refractivity contribution in [3.63, 3.8) is 0 Å². The second-order valence-electron chi connectivity index (χ2n) is 0.702. The van der Waals surface area contributed by atoms with Crippen LogP contribution in [0.3, 0.4) is 0 Å². The summed E-state index contributed by atoms with van der Waals surface area (Å²) in [5, 5.41) is 0. The summed E-state index contributed by atoms with van der Waals surface area (Å²) in [6.45, 7) is 1.40. The van der Waals surface area contributed by atoms with Crippen molar-refractivity contribution in [3.8, 4) is 0 Å². The summed E-state index contributed by atoms with van der Waals surface area (Å²) in [5.41, 5.74) is -0.0787. The van der Waals surface area contributed by atoms with E-state index in [1.165, 1.54) is 6.92 Å². The molecule has 2 heteroatoms. The molecule has 22 valence electrons. The molecule has 0 aliphatic heterocycles. The maximum atomic E-state index is 9.62. The van der Waals surface area contributed by atoms with Crippen LogP contribution in [0.5, 0.6) is 0 Å². The fourth-order valence-electron chi connectivity index (χ4n) is 0. The van der Waals surface area contributed by atoms with Crippen molar-refractivity contribution in [2.75, 3.05) is 0 Å². The molecule has 0 atom stereocenters. The van der Waals surface area contributed by atoms with E-state index < -0.39 is 0 Å². The molecular formula is C2H5BO. The molecule has 0 aliphatic rings. The van der Waals surface area contributed by atoms with Gasteiger partial charge in [-0.2, -0.15) is 0 Å². The highest BCUT2D eigenvalue weighted by Gasteiger charge is 1.63. The summed E-state index contributed by atoms with van der Waals surface area (Å²) in [7, 11) is -0.0833. The van der Waals surface area contributed by atoms with Gasteiger partial charge in [0.1, 0.15) is 0 Å². The van der Waals surface area contributed by atoms with E-state index in [4.69, 9.17) is 1.34 Å². The van der Waals surface area contributed by atoms with Gasteiger partial charge in [0.25, 0.3) is 0 Å². The van der Waals surface area contributed by atoms with Crippen LogP contribution in [0.25, 0.3) is 0 Å². The topological polar surface area (TPSA) is 17.1 Å². The zero-order valence-electron chi connectivity index (χ0n) is 3.62. The molecule has 0 aliphatic carbocycles. The third-order valence-corrected chi connectivity index (χ3v) is 0. The van der Waals surface area contributed by atoms with Crippen molar-refractivity contribution in [3.05, 3.63) is 0 Å². The van der Waals surface area contributed by atoms with Gasteiger partial charge >= 0.3 is 0 Å². The summed E-state index contributed by atoms with van der Waals surface area (Å²) in [6.07, 6.45) is 0. The maximum absolute atomic E-state index is 9.62. The lowest BCUT2D eigenvalue weighted by molar-refractivity contribution is -0.109. The molecule has 0 amide bonds. The first-order valence-corrected chi connectivity index (χ1v) is 1.06. The van der Waals surface area contributed by atoms with Crippen LogP contribution < -0.4 is 0 Å². The lowest BCUT2D eigenvalue weighted by Crippen LogP contribution is -1.80. The van der Waals surface area contributed by atoms with Crippen LogP contribution in [0.1, 0.15) is 6.92 Å². The van der Waals surface area contributed by atoms with E-state index in [9.17, 15) is 4.79 Å². The zero-order chi connectivity index (χ0) is 4.28. The van der Waals surface area contributed by atoms with E-state index in [1.807, 2.05) is 0 Å². The molecule has 1 nitrogen and oxygen atoms in total. The van der Waals surface area contributed by atoms with Crippen molar-refractivity contribution in [2.24, 2.45) is 0 Å². The van der Waals surface area contributed by atoms with Gasteiger partial charge in [0.2, 0.25) is 0 Å². The summed E-state index contributed by atoms with van der Waals surface area (Å²) in [6, 6.07) is 0. The van der Waals surface area contributed by atoms with E-state index in [1.54, 1.807) is 0 Å². The largest absolute Gasteiger partial charge is 0.312 e. The smallest absolute Gasteiger partial charge is 0.186 e. The van der Waals surface area contributed by atoms with Crippen LogP contribution in [-0.2, 0) is 4.79 Å². The molecule has 0 rings (SSSR count). The Hall–Kier alpha value is -0.265. The Labute approximate surface area is 27.8 Å². The third-order valence-electron chi connectivity index (χ3n) is 0. The minimum absolute atomic E-state index is 0.0787. The van der Waals surface area contributed by atoms with E-state index in [-0.39, 0.29) is 13.5 Å². The molecule has 0 fully saturated rings. The molecule has 0 N–H and O–H groups in total. The monoisotopic (exact) mass is 58.1 g/mol. The standard InChI is InChI=1S/C2H5BO/c1-2(3)4/h3H2,1H3/i3T. The number of carbonyl (C=O) groups excluding carboxylic acids is 1. The number of hydrogen-bond acceptors (Lipinski definition) is 1. The average molecular weight is 57.9 g/mol. The molecule has 0 bridgehead atoms. The van der Waals surface area contributed by atoms with Gasteiger partial charge in [0.15, 0.2) is 7.81 Å². The Bertz CT molecular complexity index is 44.9. The van der Waals surface area contributed by atoms with Crippen molar-refractivity contribution in [2.45, 2.75) is 6.92 Å². The highest BCUT2D eigenvalue weighted by molar-refractivity contribution is 6.56. The van der Waals surface area contributed by atoms with Gasteiger partial charge in [-0.25, -0.2) is 0 Å². The van der Waals surface area contributed by atoms with Crippen molar-refractivity contribution >= 4 is 13.5 Å². The molecule has 0 saturated heterocycles. The summed E-state index contributed by atoms with van der Waals surface area (Å²) >= 11 is 0. The summed E-state index contributed by atoms with van der Waals surface area (Å²) in [4.78, 5) is 9.62. The van der Waals surface area contributed by atoms with E-state index in [0.29, 0.717) is 0 Å². The highest BCUT2D eigenvalue weighted by Crippen LogP contribution is 1.40. The summed E-state index contributed by atoms with van der Waals surface area (Å²) < 4.78 is 6.31. The van der Waals surface area contributed by atoms with E-state index >= 15 is 0 Å². The molecule has 0 aromatic carbocycles. The molecule has 0 saturated carbocycles. The number of carbonyl (C=O) groups is 1. The molecule has 0 aromatic heterocycles. The maximum Gasteiger partial charge on any atom is 0.186 e. The van der Waals surface area contributed by atoms with Crippen molar-refractivity contribution in [1.29, 1.82) is 1.34 Å². The SMILES string of the molecule is [3H]BC(C)=O. The minimum atomic E-state index is -0.0833. The molecule has 0 radical (unpaired) electrons. The van der Waals surface area contributed by atoms with Gasteiger partial charge in [-0.05, 0) is 8.26 Å². The van der Waals surface area contributed by atoms with Crippen LogP contribution in [0, 0.1) is 0 Å². The first-order chi connectivity index (χ1) is 2.27. The molecular weight excluding hydrogens is 50.8 g/mol. The Morgan fingerprint density at radius 1 is 2.50 bits per heavy atom. The van der Waals surface area contributed by atoms with Crippen molar-refractivity contribution < 1.29 is 4.79 Å². The van der Waals surface area contributed by atoms with Gasteiger partial charge in [0, 0.05) is 0 Å². The minimum Gasteiger partial charge on any atom is -0.312 e. The number of hydrogen-bond donors (Lipinski definition) is 0. The average Bonchev–Trinajstić information content (AvgIpc) is 1.38. The second kappa shape index (κ2) is 1.10. The van der Waals surface area contributed by atoms with Crippen LogP contribution in [-0.4, -0.2) is 14.8 Å². The molecule has 0 aromatic rings. The van der Waals surface area contributed by atoms with E-state index in [2.05, 4.69) is 0 Å². The molecule has 4 heavy (non-hydrogen) atoms. The van der Waals surface area contributed by atoms with Gasteiger partial charge in [-0.3, -0.25) is 0 Å². The van der Waals surface area contributed by atoms with Crippen molar-refractivity contribution in [1.82, 2.24) is 0 Å². The normalized spacial score (nSPS) is 8.75. The fraction of sp³-hybridized carbons (Fsp3) is 0.500. The first-order valence-electron chi connectivity index (χ1n) is 1.76. The number of rotatable bonds is 1. The predicted molar refractivity (Wildman–Crippen MR) is 19.2 cm³/mol. The summed E-state index contributed by atoms with van der Waals surface area (Å²) in [5.74, 6) is 0. The third kappa shape index (κ3) is 13.3. The van der Waals surface area contributed by atoms with Crippen LogP contribution in [0.2, 0.25) is 0 Å². The quantitative estimate of drug-likeness (QED) is 0.359. The Morgan fingerprint density at radius 3 is 2.75 bits per heavy atom. The van der Waals surface area contributed by atoms with Crippen LogP contribution >= 0.6 is 0 Å². The predicted octanol–water partition coefficient (Wildman–Crippen LogP) is -0.834. The van der Waals surface area contributed by atoms with Crippen LogP contribution in [0.15, 0.2) is 0 Å². The lowest BCUT2D eigenvalue weighted by Gasteiger charge is -1.55. The molecule has 0 unspecified atom stereocenters. The van der Waals surface area contributed by atoms with Gasteiger partial charge in [-0.1, -0.05) is 0 Å². The lowest BCUT2D eigenvalue weighted by atomic mass is 10.1. The zero-order valence-corrected chi connectivity index (χ0v) is 2.62. The Kier molecular flexibility index (Phi) is 0.551. The van der Waals surface area contributed by atoms with E-state index in [0.717, 1.165) is 0 Å². The Balaban J connectivity index is 2.85. The fourth-order valence-corrected chi connectivity index (χ4v) is 0. The van der Waals surface area contributed by atoms with Gasteiger partial charge < -0.3 is 4.79 Å². The molecule has 0 heterocycles.